The number of nitrogens with one attached hydrogen (secondary N) is 1. The third kappa shape index (κ3) is 6.23. The van der Waals surface area contributed by atoms with Crippen LogP contribution in [0, 0.1) is 0 Å². The maximum Gasteiger partial charge on any atom is 0.410 e. The molecule has 1 aromatic heterocycles. The van der Waals surface area contributed by atoms with Crippen molar-refractivity contribution in [1.82, 2.24) is 9.88 Å². The smallest absolute Gasteiger partial charge is 0.410 e. The van der Waals surface area contributed by atoms with E-state index in [0.29, 0.717) is 25.4 Å². The summed E-state index contributed by atoms with van der Waals surface area (Å²) in [6.07, 6.45) is -0.462. The molecule has 7 heteroatoms. The molecule has 0 saturated carbocycles. The van der Waals surface area contributed by atoms with Gasteiger partial charge in [0.05, 0.1) is 31.0 Å². The van der Waals surface area contributed by atoms with E-state index in [1.165, 1.54) is 4.90 Å². The molecule has 1 amide bonds. The number of carbonyl (C=O) groups is 1. The first-order chi connectivity index (χ1) is 14.8. The summed E-state index contributed by atoms with van der Waals surface area (Å²) in [6.45, 7) is 6.50. The molecule has 2 aromatic carbocycles. The lowest BCUT2D eigenvalue weighted by Crippen LogP contribution is -2.40. The van der Waals surface area contributed by atoms with Gasteiger partial charge in [-0.15, -0.1) is 0 Å². The Labute approximate surface area is 182 Å². The Kier molecular flexibility index (Phi) is 7.20. The van der Waals surface area contributed by atoms with Crippen LogP contribution in [0.3, 0.4) is 0 Å². The van der Waals surface area contributed by atoms with Gasteiger partial charge in [0.1, 0.15) is 5.60 Å². The molecule has 166 valence electrons. The molecule has 0 atom stereocenters. The number of ether oxygens (including phenoxy) is 2. The number of aliphatic hydroxyl groups excluding tert-OH is 1. The second kappa shape index (κ2) is 9.85. The number of nitrogens with zero attached hydrogens (tertiary/aromatic N) is 1. The summed E-state index contributed by atoms with van der Waals surface area (Å²) in [5.74, 6) is 0. The highest BCUT2D eigenvalue weighted by Crippen LogP contribution is 2.29. The maximum absolute atomic E-state index is 12.2. The minimum absolute atomic E-state index is 0.135. The number of aromatic nitrogens is 1. The van der Waals surface area contributed by atoms with E-state index >= 15 is 0 Å². The minimum Gasteiger partial charge on any atom is -0.444 e. The van der Waals surface area contributed by atoms with Crippen molar-refractivity contribution in [3.8, 4) is 11.3 Å². The minimum atomic E-state index is -0.590. The van der Waals surface area contributed by atoms with E-state index in [0.717, 1.165) is 27.7 Å². The molecule has 31 heavy (non-hydrogen) atoms. The van der Waals surface area contributed by atoms with E-state index in [2.05, 4.69) is 11.1 Å². The summed E-state index contributed by atoms with van der Waals surface area (Å²) in [5.41, 5.74) is 10.3. The topological polar surface area (TPSA) is 101 Å². The number of rotatable bonds is 8. The summed E-state index contributed by atoms with van der Waals surface area (Å²) >= 11 is 0. The fourth-order valence-corrected chi connectivity index (χ4v) is 3.30. The molecule has 7 nitrogen and oxygen atoms in total. The van der Waals surface area contributed by atoms with Gasteiger partial charge in [0.2, 0.25) is 0 Å². The van der Waals surface area contributed by atoms with Crippen LogP contribution in [0.4, 0.5) is 10.5 Å². The fraction of sp³-hybridized carbons (Fsp3) is 0.375. The molecule has 0 bridgehead atoms. The van der Waals surface area contributed by atoms with E-state index < -0.39 is 11.7 Å². The van der Waals surface area contributed by atoms with Crippen molar-refractivity contribution in [2.45, 2.75) is 33.0 Å². The quantitative estimate of drug-likeness (QED) is 0.372. The van der Waals surface area contributed by atoms with Gasteiger partial charge in [0.15, 0.2) is 0 Å². The van der Waals surface area contributed by atoms with Crippen LogP contribution in [-0.4, -0.2) is 53.0 Å². The van der Waals surface area contributed by atoms with E-state index in [1.807, 2.05) is 63.2 Å². The monoisotopic (exact) mass is 425 g/mol. The number of nitrogens with two attached hydrogens (primary N) is 1. The first-order valence-corrected chi connectivity index (χ1v) is 10.4. The summed E-state index contributed by atoms with van der Waals surface area (Å²) in [5, 5.41) is 10.2. The maximum atomic E-state index is 12.2. The highest BCUT2D eigenvalue weighted by molar-refractivity contribution is 5.94. The number of benzene rings is 2. The van der Waals surface area contributed by atoms with E-state index in [9.17, 15) is 9.90 Å². The van der Waals surface area contributed by atoms with Crippen LogP contribution in [0.2, 0.25) is 0 Å². The molecule has 3 aromatic rings. The molecule has 0 aliphatic rings. The lowest BCUT2D eigenvalue weighted by atomic mass is 10.1. The Morgan fingerprint density at radius 1 is 1.13 bits per heavy atom. The number of carbonyl (C=O) groups excluding carboxylic acids is 1. The lowest BCUT2D eigenvalue weighted by molar-refractivity contribution is 0.0131. The Balaban J connectivity index is 1.61. The van der Waals surface area contributed by atoms with Crippen LogP contribution < -0.4 is 5.73 Å². The molecule has 0 aliphatic heterocycles. The second-order valence-electron chi connectivity index (χ2n) is 8.44. The first-order valence-electron chi connectivity index (χ1n) is 10.4. The summed E-state index contributed by atoms with van der Waals surface area (Å²) in [6, 6.07) is 16.1. The number of amides is 1. The zero-order chi connectivity index (χ0) is 22.4. The molecule has 0 aliphatic carbocycles. The molecule has 3 rings (SSSR count). The SMILES string of the molecule is CC(C)(C)OC(=O)N(CCO)CCOCc1cc(N)c2[nH]c(-c3ccccc3)cc2c1. The van der Waals surface area contributed by atoms with Gasteiger partial charge in [-0.1, -0.05) is 30.3 Å². The van der Waals surface area contributed by atoms with E-state index in [-0.39, 0.29) is 13.2 Å². The average molecular weight is 426 g/mol. The molecular formula is C24H31N3O4. The van der Waals surface area contributed by atoms with Crippen molar-refractivity contribution in [3.05, 3.63) is 54.1 Å². The first kappa shape index (κ1) is 22.7. The number of hydrogen-bond donors (Lipinski definition) is 3. The van der Waals surface area contributed by atoms with Gasteiger partial charge in [-0.25, -0.2) is 4.79 Å². The van der Waals surface area contributed by atoms with E-state index in [1.54, 1.807) is 0 Å². The average Bonchev–Trinajstić information content (AvgIpc) is 3.14. The second-order valence-corrected chi connectivity index (χ2v) is 8.44. The van der Waals surface area contributed by atoms with Crippen molar-refractivity contribution in [1.29, 1.82) is 0 Å². The van der Waals surface area contributed by atoms with Crippen molar-refractivity contribution in [2.75, 3.05) is 32.0 Å². The number of anilines is 1. The van der Waals surface area contributed by atoms with Crippen molar-refractivity contribution < 1.29 is 19.4 Å². The number of nitrogen functional groups attached to an aromatic ring is 1. The Morgan fingerprint density at radius 2 is 1.87 bits per heavy atom. The predicted octanol–water partition coefficient (Wildman–Crippen LogP) is 4.16. The number of aliphatic hydroxyl groups is 1. The Bertz CT molecular complexity index is 1010. The fourth-order valence-electron chi connectivity index (χ4n) is 3.30. The summed E-state index contributed by atoms with van der Waals surface area (Å²) < 4.78 is 11.1. The van der Waals surface area contributed by atoms with Gasteiger partial charge < -0.3 is 30.2 Å². The number of fused-ring (bicyclic) bond motifs is 1. The standard InChI is InChI=1S/C24H31N3O4/c1-24(2,3)31-23(29)27(9-11-28)10-12-30-16-17-13-19-15-21(18-7-5-4-6-8-18)26-22(19)20(25)14-17/h4-8,13-15,26,28H,9-12,16,25H2,1-3H3. The molecule has 0 unspecified atom stereocenters. The predicted molar refractivity (Wildman–Crippen MR) is 123 cm³/mol. The van der Waals surface area contributed by atoms with Gasteiger partial charge in [-0.3, -0.25) is 0 Å². The van der Waals surface area contributed by atoms with Crippen molar-refractivity contribution in [3.63, 3.8) is 0 Å². The zero-order valence-electron chi connectivity index (χ0n) is 18.4. The molecule has 0 spiro atoms. The summed E-state index contributed by atoms with van der Waals surface area (Å²) in [7, 11) is 0. The van der Waals surface area contributed by atoms with Crippen LogP contribution in [0.15, 0.2) is 48.5 Å². The van der Waals surface area contributed by atoms with E-state index in [4.69, 9.17) is 15.2 Å². The van der Waals surface area contributed by atoms with Crippen molar-refractivity contribution >= 4 is 22.7 Å². The van der Waals surface area contributed by atoms with Crippen LogP contribution in [0.1, 0.15) is 26.3 Å². The van der Waals surface area contributed by atoms with Gasteiger partial charge in [-0.05, 0) is 50.1 Å². The Hall–Kier alpha value is -3.03. The number of aromatic amines is 1. The lowest BCUT2D eigenvalue weighted by Gasteiger charge is -2.26. The molecule has 4 N–H and O–H groups in total. The molecule has 1 heterocycles. The number of hydrogen-bond acceptors (Lipinski definition) is 5. The zero-order valence-corrected chi connectivity index (χ0v) is 18.4. The third-order valence-corrected chi connectivity index (χ3v) is 4.70. The normalized spacial score (nSPS) is 11.6. The van der Waals surface area contributed by atoms with Crippen LogP contribution in [-0.2, 0) is 16.1 Å². The highest BCUT2D eigenvalue weighted by atomic mass is 16.6. The molecule has 0 saturated heterocycles. The Morgan fingerprint density at radius 3 is 2.55 bits per heavy atom. The van der Waals surface area contributed by atoms with Gasteiger partial charge in [-0.2, -0.15) is 0 Å². The largest absolute Gasteiger partial charge is 0.444 e. The third-order valence-electron chi connectivity index (χ3n) is 4.70. The van der Waals surface area contributed by atoms with Gasteiger partial charge >= 0.3 is 6.09 Å². The molecule has 0 fully saturated rings. The molecule has 0 radical (unpaired) electrons. The molecular weight excluding hydrogens is 394 g/mol. The van der Waals surface area contributed by atoms with Gasteiger partial charge in [0, 0.05) is 24.2 Å². The number of H-pyrrole nitrogens is 1. The van der Waals surface area contributed by atoms with Crippen LogP contribution in [0.5, 0.6) is 0 Å². The van der Waals surface area contributed by atoms with Gasteiger partial charge in [0.25, 0.3) is 0 Å². The van der Waals surface area contributed by atoms with Crippen LogP contribution in [0.25, 0.3) is 22.2 Å². The van der Waals surface area contributed by atoms with Crippen molar-refractivity contribution in [2.24, 2.45) is 0 Å². The van der Waals surface area contributed by atoms with Crippen LogP contribution >= 0.6 is 0 Å². The highest BCUT2D eigenvalue weighted by Gasteiger charge is 2.21. The summed E-state index contributed by atoms with van der Waals surface area (Å²) in [4.78, 5) is 17.1.